The molecule has 2 aromatic rings. The van der Waals surface area contributed by atoms with Gasteiger partial charge in [0, 0.05) is 58.4 Å². The molecule has 0 saturated carbocycles. The molecule has 1 aliphatic heterocycles. The Kier molecular flexibility index (Phi) is 5.52. The number of thioether (sulfide) groups is 1. The van der Waals surface area contributed by atoms with Gasteiger partial charge in [-0.2, -0.15) is 0 Å². The maximum Gasteiger partial charge on any atom is 0.233 e. The standard InChI is InChI=1S/C17H23N5OS/c1-14-4-3-5-18-15(14)12-21-8-10-22(11-9-21)16(23)13-24-17-19-6-7-20(17)2/h3-7H,8-13H2,1-2H3. The average Bonchev–Trinajstić information content (AvgIpc) is 3.00. The Labute approximate surface area is 146 Å². The van der Waals surface area contributed by atoms with Crippen LogP contribution in [0.15, 0.2) is 35.9 Å². The van der Waals surface area contributed by atoms with Crippen LogP contribution in [0.1, 0.15) is 11.3 Å². The summed E-state index contributed by atoms with van der Waals surface area (Å²) in [6.45, 7) is 6.31. The van der Waals surface area contributed by atoms with Gasteiger partial charge < -0.3 is 9.47 Å². The largest absolute Gasteiger partial charge is 0.339 e. The van der Waals surface area contributed by atoms with E-state index in [0.717, 1.165) is 43.6 Å². The van der Waals surface area contributed by atoms with Gasteiger partial charge in [0.1, 0.15) is 0 Å². The van der Waals surface area contributed by atoms with Crippen LogP contribution in [0.3, 0.4) is 0 Å². The number of hydrogen-bond donors (Lipinski definition) is 0. The van der Waals surface area contributed by atoms with E-state index >= 15 is 0 Å². The molecule has 0 aromatic carbocycles. The molecule has 128 valence electrons. The molecule has 1 saturated heterocycles. The number of aromatic nitrogens is 3. The highest BCUT2D eigenvalue weighted by molar-refractivity contribution is 7.99. The molecule has 0 unspecified atom stereocenters. The summed E-state index contributed by atoms with van der Waals surface area (Å²) in [5.41, 5.74) is 2.35. The van der Waals surface area contributed by atoms with Crippen LogP contribution in [-0.4, -0.2) is 62.2 Å². The molecule has 1 amide bonds. The summed E-state index contributed by atoms with van der Waals surface area (Å²) in [6.07, 6.45) is 5.49. The van der Waals surface area contributed by atoms with E-state index in [0.29, 0.717) is 5.75 Å². The number of hydrogen-bond acceptors (Lipinski definition) is 5. The smallest absolute Gasteiger partial charge is 0.233 e. The number of amides is 1. The monoisotopic (exact) mass is 345 g/mol. The fourth-order valence-corrected chi connectivity index (χ4v) is 3.59. The van der Waals surface area contributed by atoms with Gasteiger partial charge in [0.15, 0.2) is 5.16 Å². The second kappa shape index (κ2) is 7.81. The molecule has 0 radical (unpaired) electrons. The highest BCUT2D eigenvalue weighted by atomic mass is 32.2. The number of nitrogens with zero attached hydrogens (tertiary/aromatic N) is 5. The van der Waals surface area contributed by atoms with Crippen molar-refractivity contribution < 1.29 is 4.79 Å². The lowest BCUT2D eigenvalue weighted by Crippen LogP contribution is -2.49. The first-order chi connectivity index (χ1) is 11.6. The van der Waals surface area contributed by atoms with Crippen LogP contribution >= 0.6 is 11.8 Å². The molecule has 7 heteroatoms. The summed E-state index contributed by atoms with van der Waals surface area (Å²) in [6, 6.07) is 4.06. The van der Waals surface area contributed by atoms with E-state index in [1.165, 1.54) is 17.3 Å². The Morgan fingerprint density at radius 1 is 1.21 bits per heavy atom. The lowest BCUT2D eigenvalue weighted by molar-refractivity contribution is -0.130. The zero-order valence-corrected chi connectivity index (χ0v) is 15.0. The van der Waals surface area contributed by atoms with Crippen LogP contribution in [0.5, 0.6) is 0 Å². The Morgan fingerprint density at radius 3 is 2.67 bits per heavy atom. The van der Waals surface area contributed by atoms with Crippen molar-refractivity contribution in [2.45, 2.75) is 18.6 Å². The fraction of sp³-hybridized carbons (Fsp3) is 0.471. The predicted molar refractivity (Wildman–Crippen MR) is 94.8 cm³/mol. The van der Waals surface area contributed by atoms with Gasteiger partial charge in [-0.15, -0.1) is 0 Å². The van der Waals surface area contributed by atoms with Crippen molar-refractivity contribution in [3.8, 4) is 0 Å². The molecule has 3 heterocycles. The summed E-state index contributed by atoms with van der Waals surface area (Å²) in [5.74, 6) is 0.640. The molecular formula is C17H23N5OS. The normalized spacial score (nSPS) is 15.7. The van der Waals surface area contributed by atoms with E-state index in [1.54, 1.807) is 6.20 Å². The summed E-state index contributed by atoms with van der Waals surface area (Å²) in [7, 11) is 1.94. The Hall–Kier alpha value is -1.86. The summed E-state index contributed by atoms with van der Waals surface area (Å²) >= 11 is 1.50. The van der Waals surface area contributed by atoms with Crippen molar-refractivity contribution in [2.24, 2.45) is 7.05 Å². The van der Waals surface area contributed by atoms with E-state index in [2.05, 4.69) is 27.9 Å². The van der Waals surface area contributed by atoms with Crippen molar-refractivity contribution in [3.05, 3.63) is 42.0 Å². The second-order valence-electron chi connectivity index (χ2n) is 6.03. The van der Waals surface area contributed by atoms with Crippen molar-refractivity contribution in [1.82, 2.24) is 24.3 Å². The maximum atomic E-state index is 12.4. The summed E-state index contributed by atoms with van der Waals surface area (Å²) in [4.78, 5) is 25.4. The minimum Gasteiger partial charge on any atom is -0.339 e. The molecule has 2 aromatic heterocycles. The topological polar surface area (TPSA) is 54.3 Å². The molecular weight excluding hydrogens is 322 g/mol. The van der Waals surface area contributed by atoms with Gasteiger partial charge in [0.25, 0.3) is 0 Å². The maximum absolute atomic E-state index is 12.4. The zero-order chi connectivity index (χ0) is 16.9. The van der Waals surface area contributed by atoms with Crippen LogP contribution in [0.4, 0.5) is 0 Å². The third kappa shape index (κ3) is 4.15. The molecule has 0 bridgehead atoms. The van der Waals surface area contributed by atoms with E-state index in [1.807, 2.05) is 35.0 Å². The van der Waals surface area contributed by atoms with Gasteiger partial charge in [0.2, 0.25) is 5.91 Å². The van der Waals surface area contributed by atoms with Gasteiger partial charge in [-0.05, 0) is 18.6 Å². The van der Waals surface area contributed by atoms with Crippen LogP contribution in [0, 0.1) is 6.92 Å². The highest BCUT2D eigenvalue weighted by Crippen LogP contribution is 2.16. The SMILES string of the molecule is Cc1cccnc1CN1CCN(C(=O)CSc2nccn2C)CC1. The van der Waals surface area contributed by atoms with Gasteiger partial charge in [-0.3, -0.25) is 14.7 Å². The van der Waals surface area contributed by atoms with Gasteiger partial charge >= 0.3 is 0 Å². The number of imidazole rings is 1. The number of rotatable bonds is 5. The lowest BCUT2D eigenvalue weighted by Gasteiger charge is -2.34. The quantitative estimate of drug-likeness (QED) is 0.770. The molecule has 3 rings (SSSR count). The number of piperazine rings is 1. The molecule has 0 aliphatic carbocycles. The molecule has 1 aliphatic rings. The third-order valence-corrected chi connectivity index (χ3v) is 5.36. The van der Waals surface area contributed by atoms with E-state index in [-0.39, 0.29) is 5.91 Å². The highest BCUT2D eigenvalue weighted by Gasteiger charge is 2.22. The molecule has 0 atom stereocenters. The van der Waals surface area contributed by atoms with Crippen LogP contribution < -0.4 is 0 Å². The molecule has 6 nitrogen and oxygen atoms in total. The molecule has 1 fully saturated rings. The summed E-state index contributed by atoms with van der Waals surface area (Å²) < 4.78 is 1.94. The third-order valence-electron chi connectivity index (χ3n) is 4.32. The van der Waals surface area contributed by atoms with Gasteiger partial charge in [-0.25, -0.2) is 4.98 Å². The number of pyridine rings is 1. The van der Waals surface area contributed by atoms with Crippen molar-refractivity contribution in [3.63, 3.8) is 0 Å². The Bertz CT molecular complexity index is 694. The van der Waals surface area contributed by atoms with Gasteiger partial charge in [0.05, 0.1) is 11.4 Å². The molecule has 24 heavy (non-hydrogen) atoms. The molecule has 0 N–H and O–H groups in total. The van der Waals surface area contributed by atoms with Gasteiger partial charge in [-0.1, -0.05) is 17.8 Å². The lowest BCUT2D eigenvalue weighted by atomic mass is 10.2. The minimum absolute atomic E-state index is 0.191. The minimum atomic E-state index is 0.191. The fourth-order valence-electron chi connectivity index (χ4n) is 2.76. The summed E-state index contributed by atoms with van der Waals surface area (Å²) in [5, 5.41) is 0.882. The van der Waals surface area contributed by atoms with Crippen LogP contribution in [0.25, 0.3) is 0 Å². The zero-order valence-electron chi connectivity index (χ0n) is 14.2. The van der Waals surface area contributed by atoms with Crippen LogP contribution in [-0.2, 0) is 18.4 Å². The first-order valence-corrected chi connectivity index (χ1v) is 9.13. The number of aryl methyl sites for hydroxylation is 2. The Balaban J connectivity index is 1.45. The van der Waals surface area contributed by atoms with Crippen molar-refractivity contribution in [2.75, 3.05) is 31.9 Å². The average molecular weight is 345 g/mol. The van der Waals surface area contributed by atoms with Crippen LogP contribution in [0.2, 0.25) is 0 Å². The van der Waals surface area contributed by atoms with E-state index < -0.39 is 0 Å². The van der Waals surface area contributed by atoms with E-state index in [9.17, 15) is 4.79 Å². The molecule has 0 spiro atoms. The van der Waals surface area contributed by atoms with E-state index in [4.69, 9.17) is 0 Å². The van der Waals surface area contributed by atoms with Crippen molar-refractivity contribution in [1.29, 1.82) is 0 Å². The Morgan fingerprint density at radius 2 is 2.00 bits per heavy atom. The second-order valence-corrected chi connectivity index (χ2v) is 6.98. The number of carbonyl (C=O) groups is 1. The number of carbonyl (C=O) groups excluding carboxylic acids is 1. The van der Waals surface area contributed by atoms with Crippen molar-refractivity contribution >= 4 is 17.7 Å². The first kappa shape index (κ1) is 17.0. The first-order valence-electron chi connectivity index (χ1n) is 8.14. The predicted octanol–water partition coefficient (Wildman–Crippen LogP) is 1.56.